The van der Waals surface area contributed by atoms with Crippen molar-refractivity contribution in [3.63, 3.8) is 0 Å². The van der Waals surface area contributed by atoms with Crippen LogP contribution in [0.1, 0.15) is 35.5 Å². The van der Waals surface area contributed by atoms with E-state index in [2.05, 4.69) is 29.0 Å². The van der Waals surface area contributed by atoms with Crippen LogP contribution in [0.15, 0.2) is 23.6 Å². The number of nitrogens with zero attached hydrogens (tertiary/aromatic N) is 2. The Morgan fingerprint density at radius 3 is 2.67 bits per heavy atom. The fourth-order valence-electron chi connectivity index (χ4n) is 3.13. The first-order valence-corrected chi connectivity index (χ1v) is 9.28. The van der Waals surface area contributed by atoms with Crippen molar-refractivity contribution in [2.75, 3.05) is 24.1 Å². The number of nitrogens with two attached hydrogens (primary N) is 1. The highest BCUT2D eigenvalue weighted by molar-refractivity contribution is 7.14. The van der Waals surface area contributed by atoms with E-state index in [1.807, 2.05) is 18.4 Å². The molecule has 3 N–H and O–H groups in total. The number of aromatic nitrogens is 1. The molecule has 2 unspecified atom stereocenters. The highest BCUT2D eigenvalue weighted by Gasteiger charge is 2.23. The number of anilines is 2. The second kappa shape index (κ2) is 10.2. The molecule has 2 heterocycles. The number of hydrogen-bond acceptors (Lipinski definition) is 6. The lowest BCUT2D eigenvalue weighted by Gasteiger charge is -2.34. The molecule has 0 aliphatic carbocycles. The van der Waals surface area contributed by atoms with Crippen molar-refractivity contribution >= 4 is 52.9 Å². The minimum Gasteiger partial charge on any atom is -0.399 e. The molecule has 6 nitrogen and oxygen atoms in total. The fraction of sp³-hybridized carbons (Fsp3) is 0.444. The van der Waals surface area contributed by atoms with E-state index < -0.39 is 0 Å². The summed E-state index contributed by atoms with van der Waals surface area (Å²) in [5, 5.41) is 5.47. The first-order chi connectivity index (χ1) is 11.9. The van der Waals surface area contributed by atoms with E-state index in [0.29, 0.717) is 16.4 Å². The number of amides is 1. The molecule has 2 atom stereocenters. The highest BCUT2D eigenvalue weighted by atomic mass is 35.5. The summed E-state index contributed by atoms with van der Waals surface area (Å²) in [4.78, 5) is 19.3. The minimum atomic E-state index is -0.181. The summed E-state index contributed by atoms with van der Waals surface area (Å²) in [6.45, 7) is 8.62. The summed E-state index contributed by atoms with van der Waals surface area (Å²) in [5.41, 5.74) is 8.78. The summed E-state index contributed by atoms with van der Waals surface area (Å²) in [7, 11) is 0. The number of carbonyl (C=O) groups excluding carboxylic acids is 1. The van der Waals surface area contributed by atoms with Crippen molar-refractivity contribution in [2.24, 2.45) is 0 Å². The van der Waals surface area contributed by atoms with E-state index in [-0.39, 0.29) is 42.9 Å². The summed E-state index contributed by atoms with van der Waals surface area (Å²) in [6.07, 6.45) is 0.459. The number of thiazole rings is 1. The maximum absolute atomic E-state index is 12.4. The van der Waals surface area contributed by atoms with Gasteiger partial charge in [-0.05, 0) is 38.5 Å². The Kier molecular flexibility index (Phi) is 8.98. The molecule has 9 heteroatoms. The predicted molar refractivity (Wildman–Crippen MR) is 115 cm³/mol. The van der Waals surface area contributed by atoms with Gasteiger partial charge in [-0.2, -0.15) is 0 Å². The predicted octanol–water partition coefficient (Wildman–Crippen LogP) is 3.74. The lowest BCUT2D eigenvalue weighted by Crippen LogP contribution is -2.44. The molecule has 1 fully saturated rings. The Hall–Kier alpha value is -1.38. The Labute approximate surface area is 176 Å². The number of hydrogen-bond donors (Lipinski definition) is 2. The van der Waals surface area contributed by atoms with Gasteiger partial charge in [0.15, 0.2) is 5.13 Å². The lowest BCUT2D eigenvalue weighted by molar-refractivity contribution is -0.0707. The van der Waals surface area contributed by atoms with Gasteiger partial charge in [0.05, 0.1) is 17.9 Å². The van der Waals surface area contributed by atoms with Crippen LogP contribution in [0.5, 0.6) is 0 Å². The third-order valence-electron chi connectivity index (χ3n) is 4.16. The Balaban J connectivity index is 0.00000182. The number of morpholine rings is 1. The van der Waals surface area contributed by atoms with Gasteiger partial charge >= 0.3 is 0 Å². The molecule has 150 valence electrons. The number of nitrogen functional groups attached to an aromatic ring is 1. The number of aryl methyl sites for hydroxylation is 1. The number of benzene rings is 1. The van der Waals surface area contributed by atoms with Crippen LogP contribution in [0.4, 0.5) is 10.8 Å². The third kappa shape index (κ3) is 6.33. The molecule has 1 aromatic heterocycles. The molecule has 0 bridgehead atoms. The fourth-order valence-corrected chi connectivity index (χ4v) is 3.82. The van der Waals surface area contributed by atoms with Crippen molar-refractivity contribution in [1.82, 2.24) is 9.88 Å². The van der Waals surface area contributed by atoms with Gasteiger partial charge in [0.2, 0.25) is 0 Å². The summed E-state index contributed by atoms with van der Waals surface area (Å²) < 4.78 is 5.76. The molecule has 27 heavy (non-hydrogen) atoms. The SMILES string of the molecule is Cc1ccc(N)cc1C(=O)Nc1nc(CN2CC(C)OC(C)C2)cs1.Cl.Cl. The van der Waals surface area contributed by atoms with Gasteiger partial charge in [-0.1, -0.05) is 6.07 Å². The molecule has 1 aromatic carbocycles. The first-order valence-electron chi connectivity index (χ1n) is 8.40. The standard InChI is InChI=1S/C18H24N4O2S.2ClH/c1-11-4-5-14(19)6-16(11)17(23)21-18-20-15(10-25-18)9-22-7-12(2)24-13(3)8-22;;/h4-6,10,12-13H,7-9,19H2,1-3H3,(H,20,21,23);2*1H. The molecular formula is C18H26Cl2N4O2S. The van der Waals surface area contributed by atoms with E-state index in [4.69, 9.17) is 10.5 Å². The van der Waals surface area contributed by atoms with Gasteiger partial charge < -0.3 is 10.5 Å². The van der Waals surface area contributed by atoms with Gasteiger partial charge in [-0.15, -0.1) is 36.2 Å². The highest BCUT2D eigenvalue weighted by Crippen LogP contribution is 2.21. The van der Waals surface area contributed by atoms with E-state index in [1.54, 1.807) is 12.1 Å². The Morgan fingerprint density at radius 2 is 2.00 bits per heavy atom. The second-order valence-electron chi connectivity index (χ2n) is 6.62. The molecule has 3 rings (SSSR count). The molecule has 1 amide bonds. The number of carbonyl (C=O) groups is 1. The lowest BCUT2D eigenvalue weighted by atomic mass is 10.1. The molecule has 0 saturated carbocycles. The van der Waals surface area contributed by atoms with Crippen LogP contribution < -0.4 is 11.1 Å². The van der Waals surface area contributed by atoms with Crippen molar-refractivity contribution in [1.29, 1.82) is 0 Å². The topological polar surface area (TPSA) is 80.5 Å². The van der Waals surface area contributed by atoms with Crippen LogP contribution in [-0.2, 0) is 11.3 Å². The summed E-state index contributed by atoms with van der Waals surface area (Å²) >= 11 is 1.44. The normalized spacial score (nSPS) is 19.7. The van der Waals surface area contributed by atoms with Crippen LogP contribution in [0.2, 0.25) is 0 Å². The largest absolute Gasteiger partial charge is 0.399 e. The second-order valence-corrected chi connectivity index (χ2v) is 7.48. The van der Waals surface area contributed by atoms with Gasteiger partial charge in [0.25, 0.3) is 5.91 Å². The molecule has 0 radical (unpaired) electrons. The van der Waals surface area contributed by atoms with E-state index in [9.17, 15) is 4.79 Å². The van der Waals surface area contributed by atoms with E-state index >= 15 is 0 Å². The average Bonchev–Trinajstić information content (AvgIpc) is 2.95. The third-order valence-corrected chi connectivity index (χ3v) is 4.97. The molecule has 1 aliphatic heterocycles. The molecular weight excluding hydrogens is 407 g/mol. The summed E-state index contributed by atoms with van der Waals surface area (Å²) in [5.74, 6) is -0.181. The van der Waals surface area contributed by atoms with Gasteiger partial charge in [0, 0.05) is 36.3 Å². The number of halogens is 2. The van der Waals surface area contributed by atoms with Crippen LogP contribution in [0, 0.1) is 6.92 Å². The number of ether oxygens (including phenoxy) is 1. The molecule has 2 aromatic rings. The van der Waals surface area contributed by atoms with E-state index in [0.717, 1.165) is 30.9 Å². The Morgan fingerprint density at radius 1 is 1.33 bits per heavy atom. The zero-order valence-corrected chi connectivity index (χ0v) is 18.0. The maximum atomic E-state index is 12.4. The molecule has 1 aliphatic rings. The van der Waals surface area contributed by atoms with Crippen LogP contribution in [0.25, 0.3) is 0 Å². The Bertz CT molecular complexity index is 762. The maximum Gasteiger partial charge on any atom is 0.257 e. The van der Waals surface area contributed by atoms with Crippen LogP contribution >= 0.6 is 36.2 Å². The first kappa shape index (κ1) is 23.7. The van der Waals surface area contributed by atoms with Gasteiger partial charge in [-0.25, -0.2) is 4.98 Å². The van der Waals surface area contributed by atoms with Gasteiger partial charge in [0.1, 0.15) is 0 Å². The molecule has 1 saturated heterocycles. The quantitative estimate of drug-likeness (QED) is 0.719. The van der Waals surface area contributed by atoms with Gasteiger partial charge in [-0.3, -0.25) is 15.0 Å². The zero-order chi connectivity index (χ0) is 18.0. The van der Waals surface area contributed by atoms with Crippen molar-refractivity contribution in [3.8, 4) is 0 Å². The van der Waals surface area contributed by atoms with Crippen molar-refractivity contribution < 1.29 is 9.53 Å². The van der Waals surface area contributed by atoms with Crippen molar-refractivity contribution in [2.45, 2.75) is 39.5 Å². The van der Waals surface area contributed by atoms with Crippen LogP contribution in [0.3, 0.4) is 0 Å². The molecule has 0 spiro atoms. The number of rotatable bonds is 4. The smallest absolute Gasteiger partial charge is 0.257 e. The monoisotopic (exact) mass is 432 g/mol. The number of nitrogens with one attached hydrogen (secondary N) is 1. The summed E-state index contributed by atoms with van der Waals surface area (Å²) in [6, 6.07) is 5.33. The zero-order valence-electron chi connectivity index (χ0n) is 15.6. The minimum absolute atomic E-state index is 0. The van der Waals surface area contributed by atoms with Crippen molar-refractivity contribution in [3.05, 3.63) is 40.4 Å². The van der Waals surface area contributed by atoms with Crippen LogP contribution in [-0.4, -0.2) is 41.1 Å². The van der Waals surface area contributed by atoms with E-state index in [1.165, 1.54) is 11.3 Å². The average molecular weight is 433 g/mol.